The number of aliphatic hydroxyl groups is 1. The van der Waals surface area contributed by atoms with E-state index in [9.17, 15) is 19.5 Å². The minimum absolute atomic E-state index is 0.0113. The Morgan fingerprint density at radius 2 is 1.90 bits per heavy atom. The fourth-order valence-corrected chi connectivity index (χ4v) is 5.15. The van der Waals surface area contributed by atoms with Crippen LogP contribution in [0.15, 0.2) is 56.1 Å². The summed E-state index contributed by atoms with van der Waals surface area (Å²) >= 11 is 3.37. The second-order valence-corrected chi connectivity index (χ2v) is 8.73. The number of hydrogen-bond donors (Lipinski definition) is 1. The molecule has 2 atom stereocenters. The van der Waals surface area contributed by atoms with Crippen molar-refractivity contribution in [3.63, 3.8) is 0 Å². The molecule has 2 unspecified atom stereocenters. The summed E-state index contributed by atoms with van der Waals surface area (Å²) in [5.74, 6) is -1.13. The molecule has 2 amide bonds. The zero-order chi connectivity index (χ0) is 22.1. The maximum absolute atomic E-state index is 13.9. The summed E-state index contributed by atoms with van der Waals surface area (Å²) in [6.07, 6.45) is -0.913. The molecule has 0 saturated heterocycles. The molecule has 0 radical (unpaired) electrons. The van der Waals surface area contributed by atoms with Gasteiger partial charge in [-0.05, 0) is 38.1 Å². The van der Waals surface area contributed by atoms with Crippen LogP contribution >= 0.6 is 15.9 Å². The van der Waals surface area contributed by atoms with Crippen molar-refractivity contribution in [3.05, 3.63) is 74.0 Å². The zero-order valence-electron chi connectivity index (χ0n) is 16.9. The van der Waals surface area contributed by atoms with Gasteiger partial charge in [0.05, 0.1) is 22.7 Å². The first-order chi connectivity index (χ1) is 14.8. The van der Waals surface area contributed by atoms with Gasteiger partial charge in [-0.2, -0.15) is 0 Å². The van der Waals surface area contributed by atoms with Crippen molar-refractivity contribution in [2.45, 2.75) is 25.5 Å². The summed E-state index contributed by atoms with van der Waals surface area (Å²) in [6.45, 7) is 3.62. The number of anilines is 1. The molecule has 1 aromatic heterocycles. The summed E-state index contributed by atoms with van der Waals surface area (Å²) in [4.78, 5) is 44.1. The van der Waals surface area contributed by atoms with E-state index in [2.05, 4.69) is 15.9 Å². The summed E-state index contributed by atoms with van der Waals surface area (Å²) in [5.41, 5.74) is -0.651. The Bertz CT molecular complexity index is 1330. The molecule has 3 aromatic rings. The van der Waals surface area contributed by atoms with E-state index in [1.807, 2.05) is 13.0 Å². The lowest BCUT2D eigenvalue weighted by atomic mass is 9.84. The smallest absolute Gasteiger partial charge is 0.291 e. The normalized spacial score (nSPS) is 20.6. The molecule has 0 aliphatic carbocycles. The Kier molecular flexibility index (Phi) is 4.36. The topological polar surface area (TPSA) is 91.1 Å². The Balaban J connectivity index is 1.95. The summed E-state index contributed by atoms with van der Waals surface area (Å²) in [7, 11) is 0. The Labute approximate surface area is 186 Å². The van der Waals surface area contributed by atoms with E-state index in [-0.39, 0.29) is 28.8 Å². The lowest BCUT2D eigenvalue weighted by Gasteiger charge is -2.34. The highest BCUT2D eigenvalue weighted by Gasteiger charge is 2.64. The van der Waals surface area contributed by atoms with Gasteiger partial charge < -0.3 is 19.3 Å². The van der Waals surface area contributed by atoms with Gasteiger partial charge in [0.15, 0.2) is 11.0 Å². The van der Waals surface area contributed by atoms with Gasteiger partial charge in [-0.3, -0.25) is 14.4 Å². The quantitative estimate of drug-likeness (QED) is 0.619. The molecule has 8 heteroatoms. The van der Waals surface area contributed by atoms with Crippen molar-refractivity contribution in [1.82, 2.24) is 4.90 Å². The lowest BCUT2D eigenvalue weighted by molar-refractivity contribution is -0.126. The number of carbonyl (C=O) groups is 2. The number of likely N-dealkylation sites (N-methyl/N-ethyl adjacent to an activating group) is 1. The van der Waals surface area contributed by atoms with Crippen molar-refractivity contribution in [2.24, 2.45) is 0 Å². The highest BCUT2D eigenvalue weighted by Crippen LogP contribution is 2.52. The first kappa shape index (κ1) is 20.0. The van der Waals surface area contributed by atoms with Crippen LogP contribution in [0.25, 0.3) is 11.0 Å². The summed E-state index contributed by atoms with van der Waals surface area (Å²) in [6, 6.07) is 12.1. The van der Waals surface area contributed by atoms with Gasteiger partial charge >= 0.3 is 0 Å². The molecule has 7 nitrogen and oxygen atoms in total. The molecular weight excluding hydrogens is 464 g/mol. The second-order valence-electron chi connectivity index (χ2n) is 7.82. The number of carbonyl (C=O) groups excluding carboxylic acids is 2. The molecule has 2 aliphatic rings. The first-order valence-corrected chi connectivity index (χ1v) is 10.8. The Hall–Kier alpha value is -2.97. The largest absolute Gasteiger partial charge is 0.450 e. The van der Waals surface area contributed by atoms with Gasteiger partial charge in [0.25, 0.3) is 11.8 Å². The predicted molar refractivity (Wildman–Crippen MR) is 118 cm³/mol. The number of β-amino-alcohol motifs (C(OH)–C–C–N with tert-alkyl or cyclic N) is 1. The second kappa shape index (κ2) is 6.77. The van der Waals surface area contributed by atoms with Crippen LogP contribution < -0.4 is 10.3 Å². The van der Waals surface area contributed by atoms with E-state index >= 15 is 0 Å². The molecule has 31 heavy (non-hydrogen) atoms. The maximum Gasteiger partial charge on any atom is 0.291 e. The molecule has 1 spiro atoms. The van der Waals surface area contributed by atoms with Gasteiger partial charge in [0.1, 0.15) is 5.58 Å². The number of nitrogens with zero attached hydrogens (tertiary/aromatic N) is 2. The fourth-order valence-electron chi connectivity index (χ4n) is 4.79. The van der Waals surface area contributed by atoms with Crippen LogP contribution in [0.2, 0.25) is 0 Å². The highest BCUT2D eigenvalue weighted by molar-refractivity contribution is 9.10. The van der Waals surface area contributed by atoms with Crippen molar-refractivity contribution in [2.75, 3.05) is 18.0 Å². The van der Waals surface area contributed by atoms with Crippen LogP contribution in [0.4, 0.5) is 5.69 Å². The number of halogens is 1. The van der Waals surface area contributed by atoms with E-state index in [4.69, 9.17) is 4.42 Å². The molecule has 2 aliphatic heterocycles. The maximum atomic E-state index is 13.9. The van der Waals surface area contributed by atoms with Crippen molar-refractivity contribution >= 4 is 44.4 Å². The summed E-state index contributed by atoms with van der Waals surface area (Å²) < 4.78 is 6.60. The van der Waals surface area contributed by atoms with Gasteiger partial charge in [-0.25, -0.2) is 0 Å². The number of amides is 2. The lowest BCUT2D eigenvalue weighted by Crippen LogP contribution is -2.55. The van der Waals surface area contributed by atoms with Crippen LogP contribution in [0.5, 0.6) is 0 Å². The van der Waals surface area contributed by atoms with E-state index in [0.29, 0.717) is 22.3 Å². The van der Waals surface area contributed by atoms with Gasteiger partial charge in [0, 0.05) is 23.1 Å². The third kappa shape index (κ3) is 2.46. The minimum Gasteiger partial charge on any atom is -0.450 e. The number of fused-ring (bicyclic) bond motifs is 5. The highest BCUT2D eigenvalue weighted by atomic mass is 79.9. The molecule has 0 saturated carbocycles. The zero-order valence-corrected chi connectivity index (χ0v) is 18.5. The fraction of sp³-hybridized carbons (Fsp3) is 0.261. The first-order valence-electron chi connectivity index (χ1n) is 10.0. The molecule has 5 rings (SSSR count). The molecule has 3 heterocycles. The SMILES string of the molecule is CCN1C(=O)C2(c3ccccc31)c1c(oc3ccc(Br)cc3c1=O)C(=O)N2CC(C)O. The van der Waals surface area contributed by atoms with E-state index in [1.54, 1.807) is 41.3 Å². The van der Waals surface area contributed by atoms with Crippen LogP contribution in [0.1, 0.15) is 35.5 Å². The molecule has 1 N–H and O–H groups in total. The van der Waals surface area contributed by atoms with Crippen molar-refractivity contribution in [1.29, 1.82) is 0 Å². The molecule has 2 aromatic carbocycles. The van der Waals surface area contributed by atoms with Crippen LogP contribution in [-0.2, 0) is 10.3 Å². The molecule has 158 valence electrons. The minimum atomic E-state index is -1.67. The Morgan fingerprint density at radius 3 is 2.61 bits per heavy atom. The Morgan fingerprint density at radius 1 is 1.16 bits per heavy atom. The molecular formula is C23H19BrN2O5. The van der Waals surface area contributed by atoms with Crippen molar-refractivity contribution in [3.8, 4) is 0 Å². The number of para-hydroxylation sites is 1. The van der Waals surface area contributed by atoms with E-state index in [1.165, 1.54) is 11.8 Å². The number of aliphatic hydroxyl groups excluding tert-OH is 1. The van der Waals surface area contributed by atoms with Gasteiger partial charge in [0.2, 0.25) is 5.76 Å². The van der Waals surface area contributed by atoms with Crippen LogP contribution in [0, 0.1) is 0 Å². The average Bonchev–Trinajstić information content (AvgIpc) is 3.13. The number of rotatable bonds is 3. The summed E-state index contributed by atoms with van der Waals surface area (Å²) in [5, 5.41) is 10.4. The average molecular weight is 483 g/mol. The van der Waals surface area contributed by atoms with Crippen LogP contribution in [0.3, 0.4) is 0 Å². The van der Waals surface area contributed by atoms with Crippen molar-refractivity contribution < 1.29 is 19.1 Å². The van der Waals surface area contributed by atoms with Gasteiger partial charge in [-0.1, -0.05) is 34.1 Å². The number of benzene rings is 2. The van der Waals surface area contributed by atoms with E-state index < -0.39 is 28.9 Å². The molecule has 0 bridgehead atoms. The third-order valence-electron chi connectivity index (χ3n) is 5.96. The third-order valence-corrected chi connectivity index (χ3v) is 6.45. The molecule has 0 fully saturated rings. The van der Waals surface area contributed by atoms with Crippen LogP contribution in [-0.4, -0.2) is 41.0 Å². The van der Waals surface area contributed by atoms with E-state index in [0.717, 1.165) is 0 Å². The standard InChI is InChI=1S/C23H19BrN2O5/c1-3-25-16-7-5-4-6-15(16)23(22(25)30)18-19(28)14-10-13(24)8-9-17(14)31-20(18)21(29)26(23)11-12(2)27/h4-10,12,27H,3,11H2,1-2H3. The van der Waals surface area contributed by atoms with Gasteiger partial charge in [-0.15, -0.1) is 0 Å². The monoisotopic (exact) mass is 482 g/mol. The number of hydrogen-bond acceptors (Lipinski definition) is 5. The predicted octanol–water partition coefficient (Wildman–Crippen LogP) is 3.00.